The van der Waals surface area contributed by atoms with E-state index < -0.39 is 6.04 Å². The van der Waals surface area contributed by atoms with Crippen molar-refractivity contribution in [3.63, 3.8) is 0 Å². The van der Waals surface area contributed by atoms with E-state index >= 15 is 0 Å². The normalized spacial score (nSPS) is 14.5. The van der Waals surface area contributed by atoms with Gasteiger partial charge in [-0.05, 0) is 33.6 Å². The van der Waals surface area contributed by atoms with Crippen molar-refractivity contribution in [1.29, 1.82) is 0 Å². The van der Waals surface area contributed by atoms with Crippen LogP contribution in [0.15, 0.2) is 17.3 Å². The van der Waals surface area contributed by atoms with E-state index in [9.17, 15) is 4.79 Å². The SMILES string of the molecule is C=C(CCCCCCCCCCC)OCC(C)(C)/C=N/C(C)C(=O)OC(C)COC(C)COCCCC. The topological polar surface area (TPSA) is 66.4 Å². The Morgan fingerprint density at radius 3 is 2.08 bits per heavy atom. The first-order valence-electron chi connectivity index (χ1n) is 14.9. The Kier molecular flexibility index (Phi) is 21.7. The van der Waals surface area contributed by atoms with Crippen LogP contribution in [0, 0.1) is 5.41 Å². The number of rotatable bonds is 25. The van der Waals surface area contributed by atoms with Gasteiger partial charge in [-0.15, -0.1) is 0 Å². The maximum absolute atomic E-state index is 12.4. The van der Waals surface area contributed by atoms with Crippen LogP contribution in [0.3, 0.4) is 0 Å². The predicted molar refractivity (Wildman–Crippen MR) is 155 cm³/mol. The van der Waals surface area contributed by atoms with Crippen LogP contribution in [0.25, 0.3) is 0 Å². The number of unbranched alkanes of at least 4 members (excludes halogenated alkanes) is 9. The number of nitrogens with zero attached hydrogens (tertiary/aromatic N) is 1. The lowest BCUT2D eigenvalue weighted by Crippen LogP contribution is -2.29. The molecule has 0 radical (unpaired) electrons. The molecule has 0 saturated heterocycles. The fourth-order valence-electron chi connectivity index (χ4n) is 3.58. The molecular weight excluding hydrogens is 466 g/mol. The predicted octanol–water partition coefficient (Wildman–Crippen LogP) is 8.08. The van der Waals surface area contributed by atoms with E-state index in [2.05, 4.69) is 25.4 Å². The molecule has 37 heavy (non-hydrogen) atoms. The summed E-state index contributed by atoms with van der Waals surface area (Å²) in [7, 11) is 0. The first-order chi connectivity index (χ1) is 17.6. The fraction of sp³-hybridized carbons (Fsp3) is 0.871. The Morgan fingerprint density at radius 1 is 0.865 bits per heavy atom. The maximum atomic E-state index is 12.4. The van der Waals surface area contributed by atoms with Crippen molar-refractivity contribution in [2.24, 2.45) is 10.4 Å². The summed E-state index contributed by atoms with van der Waals surface area (Å²) >= 11 is 0. The van der Waals surface area contributed by atoms with Gasteiger partial charge >= 0.3 is 5.97 Å². The second kappa shape index (κ2) is 22.6. The summed E-state index contributed by atoms with van der Waals surface area (Å²) in [6.45, 7) is 20.2. The lowest BCUT2D eigenvalue weighted by atomic mass is 9.96. The first kappa shape index (κ1) is 35.6. The zero-order chi connectivity index (χ0) is 27.9. The molecular formula is C31H59NO5. The molecule has 0 saturated carbocycles. The largest absolute Gasteiger partial charge is 0.498 e. The van der Waals surface area contributed by atoms with Gasteiger partial charge in [-0.2, -0.15) is 0 Å². The number of aliphatic imine (C=N–C) groups is 1. The third kappa shape index (κ3) is 22.3. The summed E-state index contributed by atoms with van der Waals surface area (Å²) in [5, 5.41) is 0. The molecule has 0 aliphatic rings. The van der Waals surface area contributed by atoms with Gasteiger partial charge in [-0.1, -0.05) is 92.1 Å². The minimum absolute atomic E-state index is 0.0377. The van der Waals surface area contributed by atoms with Crippen molar-refractivity contribution in [2.45, 2.75) is 144 Å². The summed E-state index contributed by atoms with van der Waals surface area (Å²) < 4.78 is 22.7. The standard InChI is InChI=1S/C31H59NO5/c1-9-11-13-14-15-16-17-18-19-20-26(3)36-25-31(7,8)24-32-29(6)30(33)37-28(5)23-35-27(4)22-34-21-12-10-2/h24,27-29H,3,9-23,25H2,1-2,4-8H3/b32-24+. The molecule has 0 fully saturated rings. The summed E-state index contributed by atoms with van der Waals surface area (Å²) in [4.78, 5) is 16.9. The molecule has 3 atom stereocenters. The van der Waals surface area contributed by atoms with E-state index in [-0.39, 0.29) is 23.6 Å². The number of hydrogen-bond donors (Lipinski definition) is 0. The van der Waals surface area contributed by atoms with Gasteiger partial charge in [0.15, 0.2) is 0 Å². The third-order valence-electron chi connectivity index (χ3n) is 6.12. The molecule has 0 aromatic carbocycles. The Hall–Kier alpha value is -1.40. The summed E-state index contributed by atoms with van der Waals surface area (Å²) in [6, 6.07) is -0.582. The van der Waals surface area contributed by atoms with E-state index in [0.717, 1.165) is 38.0 Å². The minimum atomic E-state index is -0.582. The summed E-state index contributed by atoms with van der Waals surface area (Å²) in [5.74, 6) is 0.474. The molecule has 0 heterocycles. The number of ether oxygens (including phenoxy) is 4. The van der Waals surface area contributed by atoms with Crippen LogP contribution >= 0.6 is 0 Å². The average Bonchev–Trinajstić information content (AvgIpc) is 2.86. The van der Waals surface area contributed by atoms with Crippen molar-refractivity contribution in [2.75, 3.05) is 26.4 Å². The zero-order valence-corrected chi connectivity index (χ0v) is 25.3. The van der Waals surface area contributed by atoms with Gasteiger partial charge < -0.3 is 18.9 Å². The molecule has 6 heteroatoms. The van der Waals surface area contributed by atoms with Crippen LogP contribution < -0.4 is 0 Å². The van der Waals surface area contributed by atoms with E-state index in [4.69, 9.17) is 18.9 Å². The molecule has 218 valence electrons. The van der Waals surface area contributed by atoms with Gasteiger partial charge in [-0.25, -0.2) is 4.79 Å². The van der Waals surface area contributed by atoms with Crippen molar-refractivity contribution in [3.05, 3.63) is 12.3 Å². The number of esters is 1. The quantitative estimate of drug-likeness (QED) is 0.0521. The van der Waals surface area contributed by atoms with Gasteiger partial charge in [0, 0.05) is 24.7 Å². The second-order valence-electron chi connectivity index (χ2n) is 11.2. The van der Waals surface area contributed by atoms with E-state index in [1.165, 1.54) is 51.4 Å². The van der Waals surface area contributed by atoms with Gasteiger partial charge in [0.05, 0.1) is 31.7 Å². The molecule has 0 aliphatic carbocycles. The van der Waals surface area contributed by atoms with Gasteiger partial charge in [-0.3, -0.25) is 4.99 Å². The average molecular weight is 526 g/mol. The van der Waals surface area contributed by atoms with Crippen LogP contribution in [0.2, 0.25) is 0 Å². The van der Waals surface area contributed by atoms with Crippen LogP contribution in [0.1, 0.15) is 126 Å². The van der Waals surface area contributed by atoms with Crippen molar-refractivity contribution >= 4 is 12.2 Å². The third-order valence-corrected chi connectivity index (χ3v) is 6.12. The van der Waals surface area contributed by atoms with Crippen molar-refractivity contribution in [1.82, 2.24) is 0 Å². The molecule has 0 spiro atoms. The van der Waals surface area contributed by atoms with Crippen LogP contribution in [0.4, 0.5) is 0 Å². The lowest BCUT2D eigenvalue weighted by Gasteiger charge is -2.22. The van der Waals surface area contributed by atoms with Gasteiger partial charge in [0.2, 0.25) is 0 Å². The van der Waals surface area contributed by atoms with E-state index in [0.29, 0.717) is 19.8 Å². The maximum Gasteiger partial charge on any atom is 0.330 e. The molecule has 0 aromatic rings. The zero-order valence-electron chi connectivity index (χ0n) is 25.3. The number of allylic oxidation sites excluding steroid dienone is 1. The van der Waals surface area contributed by atoms with Gasteiger partial charge in [0.25, 0.3) is 0 Å². The van der Waals surface area contributed by atoms with E-state index in [1.807, 2.05) is 27.7 Å². The van der Waals surface area contributed by atoms with Crippen molar-refractivity contribution in [3.8, 4) is 0 Å². The Bertz CT molecular complexity index is 604. The smallest absolute Gasteiger partial charge is 0.330 e. The highest BCUT2D eigenvalue weighted by atomic mass is 16.6. The second-order valence-corrected chi connectivity index (χ2v) is 11.2. The monoisotopic (exact) mass is 525 g/mol. The molecule has 0 aromatic heterocycles. The molecule has 0 rings (SSSR count). The Balaban J connectivity index is 4.09. The molecule has 3 unspecified atom stereocenters. The molecule has 0 bridgehead atoms. The Morgan fingerprint density at radius 2 is 1.46 bits per heavy atom. The lowest BCUT2D eigenvalue weighted by molar-refractivity contribution is -0.153. The number of carbonyl (C=O) groups excluding carboxylic acids is 1. The van der Waals surface area contributed by atoms with Crippen LogP contribution in [-0.4, -0.2) is 56.9 Å². The Labute approximate surface area is 229 Å². The first-order valence-corrected chi connectivity index (χ1v) is 14.9. The molecule has 0 amide bonds. The summed E-state index contributed by atoms with van der Waals surface area (Å²) in [6.07, 6.45) is 16.2. The molecule has 6 nitrogen and oxygen atoms in total. The fourth-order valence-corrected chi connectivity index (χ4v) is 3.58. The molecule has 0 N–H and O–H groups in total. The van der Waals surface area contributed by atoms with Crippen molar-refractivity contribution < 1.29 is 23.7 Å². The number of hydrogen-bond acceptors (Lipinski definition) is 6. The summed E-state index contributed by atoms with van der Waals surface area (Å²) in [5.41, 5.74) is -0.308. The highest BCUT2D eigenvalue weighted by molar-refractivity contribution is 5.78. The highest BCUT2D eigenvalue weighted by Gasteiger charge is 2.21. The van der Waals surface area contributed by atoms with Crippen LogP contribution in [-0.2, 0) is 23.7 Å². The van der Waals surface area contributed by atoms with Crippen LogP contribution in [0.5, 0.6) is 0 Å². The van der Waals surface area contributed by atoms with Gasteiger partial charge in [0.1, 0.15) is 12.1 Å². The number of carbonyl (C=O) groups is 1. The van der Waals surface area contributed by atoms with E-state index in [1.54, 1.807) is 13.1 Å². The minimum Gasteiger partial charge on any atom is -0.498 e. The molecule has 0 aliphatic heterocycles. The highest BCUT2D eigenvalue weighted by Crippen LogP contribution is 2.18.